The number of methoxy groups -OCH3 is 3. The van der Waals surface area contributed by atoms with Crippen LogP contribution in [0.2, 0.25) is 0 Å². The summed E-state index contributed by atoms with van der Waals surface area (Å²) in [6.07, 6.45) is -3.94. The van der Waals surface area contributed by atoms with E-state index in [0.29, 0.717) is 0 Å². The average Bonchev–Trinajstić information content (AvgIpc) is 2.22. The standard InChI is InChI=1S/C9H18O6/c1-12-4-5-6(10)7(13-2)8(14-3)9(11)15-5/h5-11H,4H2,1-3H3/t5-,6+,7+,8-,9?/m1/s1. The molecule has 0 radical (unpaired) electrons. The van der Waals surface area contributed by atoms with Crippen LogP contribution < -0.4 is 0 Å². The van der Waals surface area contributed by atoms with Gasteiger partial charge < -0.3 is 29.2 Å². The Balaban J connectivity index is 2.70. The largest absolute Gasteiger partial charge is 0.387 e. The van der Waals surface area contributed by atoms with Gasteiger partial charge in [0.25, 0.3) is 0 Å². The molecule has 1 rings (SSSR count). The predicted molar refractivity (Wildman–Crippen MR) is 50.4 cm³/mol. The zero-order chi connectivity index (χ0) is 11.4. The monoisotopic (exact) mass is 222 g/mol. The first-order chi connectivity index (χ1) is 7.15. The second-order valence-electron chi connectivity index (χ2n) is 3.41. The minimum absolute atomic E-state index is 0.189. The fourth-order valence-electron chi connectivity index (χ4n) is 1.73. The SMILES string of the molecule is COC[C@H]1OC(O)[C@H](OC)[C@@H](OC)[C@H]1O. The quantitative estimate of drug-likeness (QED) is 0.618. The summed E-state index contributed by atoms with van der Waals surface area (Å²) in [5.74, 6) is 0. The zero-order valence-corrected chi connectivity index (χ0v) is 9.12. The van der Waals surface area contributed by atoms with Crippen LogP contribution in [0, 0.1) is 0 Å². The molecule has 0 aromatic carbocycles. The lowest BCUT2D eigenvalue weighted by molar-refractivity contribution is -0.296. The van der Waals surface area contributed by atoms with Crippen molar-refractivity contribution in [2.24, 2.45) is 0 Å². The van der Waals surface area contributed by atoms with E-state index >= 15 is 0 Å². The van der Waals surface area contributed by atoms with E-state index in [1.807, 2.05) is 0 Å². The van der Waals surface area contributed by atoms with Gasteiger partial charge in [-0.15, -0.1) is 0 Å². The van der Waals surface area contributed by atoms with E-state index in [2.05, 4.69) is 0 Å². The van der Waals surface area contributed by atoms with Gasteiger partial charge in [0.05, 0.1) is 6.61 Å². The molecule has 0 spiro atoms. The van der Waals surface area contributed by atoms with E-state index < -0.39 is 30.7 Å². The van der Waals surface area contributed by atoms with Crippen molar-refractivity contribution < 1.29 is 29.2 Å². The molecule has 6 heteroatoms. The Hall–Kier alpha value is -0.240. The molecule has 0 aromatic heterocycles. The molecule has 0 bridgehead atoms. The van der Waals surface area contributed by atoms with E-state index in [1.165, 1.54) is 21.3 Å². The van der Waals surface area contributed by atoms with Crippen LogP contribution in [0.5, 0.6) is 0 Å². The molecule has 1 heterocycles. The Morgan fingerprint density at radius 3 is 2.13 bits per heavy atom. The van der Waals surface area contributed by atoms with Crippen molar-refractivity contribution in [3.63, 3.8) is 0 Å². The van der Waals surface area contributed by atoms with E-state index in [0.717, 1.165) is 0 Å². The highest BCUT2D eigenvalue weighted by Crippen LogP contribution is 2.23. The zero-order valence-electron chi connectivity index (χ0n) is 9.12. The number of ether oxygens (including phenoxy) is 4. The molecule has 1 aliphatic heterocycles. The van der Waals surface area contributed by atoms with Gasteiger partial charge in [-0.2, -0.15) is 0 Å². The number of hydrogen-bond donors (Lipinski definition) is 2. The lowest BCUT2D eigenvalue weighted by Gasteiger charge is -2.41. The molecule has 0 amide bonds. The van der Waals surface area contributed by atoms with Gasteiger partial charge in [-0.3, -0.25) is 0 Å². The normalized spacial score (nSPS) is 41.8. The molecule has 0 aliphatic carbocycles. The summed E-state index contributed by atoms with van der Waals surface area (Å²) in [5.41, 5.74) is 0. The van der Waals surface area contributed by atoms with Crippen LogP contribution in [-0.4, -0.2) is 68.9 Å². The van der Waals surface area contributed by atoms with E-state index in [1.54, 1.807) is 0 Å². The molecule has 1 fully saturated rings. The maximum atomic E-state index is 9.86. The van der Waals surface area contributed by atoms with Gasteiger partial charge in [0.15, 0.2) is 6.29 Å². The second kappa shape index (κ2) is 5.74. The number of rotatable bonds is 4. The molecule has 6 nitrogen and oxygen atoms in total. The maximum Gasteiger partial charge on any atom is 0.184 e. The Morgan fingerprint density at radius 2 is 1.67 bits per heavy atom. The molecule has 0 aromatic rings. The van der Waals surface area contributed by atoms with Crippen molar-refractivity contribution in [3.05, 3.63) is 0 Å². The first-order valence-electron chi connectivity index (χ1n) is 4.71. The summed E-state index contributed by atoms with van der Waals surface area (Å²) in [4.78, 5) is 0. The Bertz CT molecular complexity index is 187. The molecule has 1 aliphatic rings. The van der Waals surface area contributed by atoms with Crippen LogP contribution in [0.15, 0.2) is 0 Å². The minimum Gasteiger partial charge on any atom is -0.387 e. The molecule has 15 heavy (non-hydrogen) atoms. The molecule has 5 atom stereocenters. The Kier molecular flexibility index (Phi) is 4.91. The molecule has 1 unspecified atom stereocenters. The topological polar surface area (TPSA) is 77.4 Å². The van der Waals surface area contributed by atoms with Crippen molar-refractivity contribution in [3.8, 4) is 0 Å². The van der Waals surface area contributed by atoms with Crippen LogP contribution in [-0.2, 0) is 18.9 Å². The fourth-order valence-corrected chi connectivity index (χ4v) is 1.73. The first kappa shape index (κ1) is 12.8. The molecule has 0 saturated carbocycles. The highest BCUT2D eigenvalue weighted by molar-refractivity contribution is 4.90. The van der Waals surface area contributed by atoms with Gasteiger partial charge in [0.2, 0.25) is 0 Å². The third-order valence-corrected chi connectivity index (χ3v) is 2.51. The second-order valence-corrected chi connectivity index (χ2v) is 3.41. The van der Waals surface area contributed by atoms with Gasteiger partial charge >= 0.3 is 0 Å². The predicted octanol–water partition coefficient (Wildman–Crippen LogP) is -1.26. The van der Waals surface area contributed by atoms with Crippen molar-refractivity contribution in [1.82, 2.24) is 0 Å². The summed E-state index contributed by atoms with van der Waals surface area (Å²) in [5, 5.41) is 19.4. The van der Waals surface area contributed by atoms with E-state index in [9.17, 15) is 10.2 Å². The van der Waals surface area contributed by atoms with E-state index in [4.69, 9.17) is 18.9 Å². The third kappa shape index (κ3) is 2.66. The molecule has 2 N–H and O–H groups in total. The smallest absolute Gasteiger partial charge is 0.184 e. The molecule has 1 saturated heterocycles. The van der Waals surface area contributed by atoms with Gasteiger partial charge in [0.1, 0.15) is 24.4 Å². The Morgan fingerprint density at radius 1 is 1.07 bits per heavy atom. The van der Waals surface area contributed by atoms with Gasteiger partial charge in [0, 0.05) is 21.3 Å². The highest BCUT2D eigenvalue weighted by Gasteiger charge is 2.45. The van der Waals surface area contributed by atoms with Crippen LogP contribution in [0.1, 0.15) is 0 Å². The van der Waals surface area contributed by atoms with Crippen molar-refractivity contribution in [2.75, 3.05) is 27.9 Å². The molecular weight excluding hydrogens is 204 g/mol. The van der Waals surface area contributed by atoms with Crippen molar-refractivity contribution in [1.29, 1.82) is 0 Å². The first-order valence-corrected chi connectivity index (χ1v) is 4.71. The maximum absolute atomic E-state index is 9.86. The van der Waals surface area contributed by atoms with Gasteiger partial charge in [-0.1, -0.05) is 0 Å². The number of aliphatic hydroxyl groups excluding tert-OH is 2. The third-order valence-electron chi connectivity index (χ3n) is 2.51. The summed E-state index contributed by atoms with van der Waals surface area (Å²) >= 11 is 0. The van der Waals surface area contributed by atoms with Gasteiger partial charge in [-0.05, 0) is 0 Å². The van der Waals surface area contributed by atoms with Gasteiger partial charge in [-0.25, -0.2) is 0 Å². The number of aliphatic hydroxyl groups is 2. The van der Waals surface area contributed by atoms with E-state index in [-0.39, 0.29) is 6.61 Å². The van der Waals surface area contributed by atoms with Crippen LogP contribution in [0.25, 0.3) is 0 Å². The summed E-state index contributed by atoms with van der Waals surface area (Å²) in [6, 6.07) is 0. The summed E-state index contributed by atoms with van der Waals surface area (Å²) in [6.45, 7) is 0.189. The lowest BCUT2D eigenvalue weighted by Crippen LogP contribution is -2.59. The molecular formula is C9H18O6. The number of hydrogen-bond acceptors (Lipinski definition) is 6. The van der Waals surface area contributed by atoms with Crippen molar-refractivity contribution >= 4 is 0 Å². The average molecular weight is 222 g/mol. The van der Waals surface area contributed by atoms with Crippen molar-refractivity contribution in [2.45, 2.75) is 30.7 Å². The van der Waals surface area contributed by atoms with Crippen LogP contribution in [0.3, 0.4) is 0 Å². The molecule has 90 valence electrons. The minimum atomic E-state index is -1.12. The summed E-state index contributed by atoms with van der Waals surface area (Å²) < 4.78 is 20.1. The summed E-state index contributed by atoms with van der Waals surface area (Å²) in [7, 11) is 4.36. The highest BCUT2D eigenvalue weighted by atomic mass is 16.7. The fraction of sp³-hybridized carbons (Fsp3) is 1.00. The van der Waals surface area contributed by atoms with Crippen LogP contribution >= 0.6 is 0 Å². The Labute approximate surface area is 88.7 Å². The van der Waals surface area contributed by atoms with Crippen LogP contribution in [0.4, 0.5) is 0 Å². The lowest BCUT2D eigenvalue weighted by atomic mass is 9.99.